The van der Waals surface area contributed by atoms with E-state index in [0.29, 0.717) is 0 Å². The van der Waals surface area contributed by atoms with Crippen molar-refractivity contribution in [2.75, 3.05) is 5.73 Å². The Morgan fingerprint density at radius 2 is 1.55 bits per heavy atom. The van der Waals surface area contributed by atoms with Crippen molar-refractivity contribution >= 4 is 17.5 Å². The molecule has 0 saturated heterocycles. The van der Waals surface area contributed by atoms with Crippen LogP contribution in [0.5, 0.6) is 0 Å². The van der Waals surface area contributed by atoms with Gasteiger partial charge in [-0.25, -0.2) is 13.6 Å². The molecular formula is C15H14F2N2O. The first-order valence-electron chi connectivity index (χ1n) is 5.79. The number of nitrogens with zero attached hydrogens (tertiary/aromatic N) is 1. The summed E-state index contributed by atoms with van der Waals surface area (Å²) in [6.07, 6.45) is 1.29. The molecule has 0 heterocycles. The van der Waals surface area contributed by atoms with E-state index in [1.807, 2.05) is 6.92 Å². The second-order valence-corrected chi connectivity index (χ2v) is 4.18. The zero-order valence-electron chi connectivity index (χ0n) is 11.2. The van der Waals surface area contributed by atoms with Crippen molar-refractivity contribution in [3.05, 3.63) is 59.2 Å². The van der Waals surface area contributed by atoms with Crippen LogP contribution >= 0.6 is 0 Å². The van der Waals surface area contributed by atoms with Crippen LogP contribution in [0.3, 0.4) is 0 Å². The summed E-state index contributed by atoms with van der Waals surface area (Å²) in [5, 5.41) is 0. The first-order valence-corrected chi connectivity index (χ1v) is 5.79. The maximum atomic E-state index is 12.7. The minimum Gasteiger partial charge on any atom is -0.396 e. The first kappa shape index (κ1) is 15.5. The summed E-state index contributed by atoms with van der Waals surface area (Å²) < 4.78 is 25.1. The molecule has 0 bridgehead atoms. The quantitative estimate of drug-likeness (QED) is 0.489. The Kier molecular flexibility index (Phi) is 5.56. The molecule has 2 N–H and O–H groups in total. The molecule has 0 amide bonds. The largest absolute Gasteiger partial charge is 0.396 e. The van der Waals surface area contributed by atoms with Crippen LogP contribution < -0.4 is 5.73 Å². The highest BCUT2D eigenvalue weighted by Gasteiger charge is 1.98. The van der Waals surface area contributed by atoms with Crippen molar-refractivity contribution in [3.8, 4) is 0 Å². The minimum absolute atomic E-state index is 0.0417. The molecule has 2 aromatic carbocycles. The molecule has 0 atom stereocenters. The molecule has 104 valence electrons. The monoisotopic (exact) mass is 276 g/mol. The third kappa shape index (κ3) is 4.63. The van der Waals surface area contributed by atoms with E-state index >= 15 is 0 Å². The predicted molar refractivity (Wildman–Crippen MR) is 74.5 cm³/mol. The van der Waals surface area contributed by atoms with Gasteiger partial charge in [0.2, 0.25) is 6.08 Å². The lowest BCUT2D eigenvalue weighted by Gasteiger charge is -1.95. The van der Waals surface area contributed by atoms with Crippen LogP contribution in [0.25, 0.3) is 0 Å². The van der Waals surface area contributed by atoms with Crippen LogP contribution in [-0.2, 0) is 4.79 Å². The number of isocyanates is 1. The summed E-state index contributed by atoms with van der Waals surface area (Å²) in [5.74, 6) is -0.848. The molecule has 0 aliphatic heterocycles. The standard InChI is InChI=1S/C8H6FNO.C7H8FN/c1-6-2-3-7(9)8(4-6)10-5-11;1-5-2-3-6(8)7(9)4-5/h2-4H,1H3;2-4H,9H2,1H3. The van der Waals surface area contributed by atoms with E-state index in [0.717, 1.165) is 11.1 Å². The molecule has 0 radical (unpaired) electrons. The number of anilines is 1. The van der Waals surface area contributed by atoms with Gasteiger partial charge in [-0.15, -0.1) is 0 Å². The van der Waals surface area contributed by atoms with Gasteiger partial charge in [-0.2, -0.15) is 4.99 Å². The number of hydrogen-bond acceptors (Lipinski definition) is 3. The topological polar surface area (TPSA) is 55.4 Å². The number of carbonyl (C=O) groups excluding carboxylic acids is 1. The van der Waals surface area contributed by atoms with Crippen LogP contribution in [0.1, 0.15) is 11.1 Å². The Balaban J connectivity index is 0.000000204. The number of aliphatic imine (C=N–C) groups is 1. The molecule has 0 aliphatic carbocycles. The van der Waals surface area contributed by atoms with Gasteiger partial charge in [0, 0.05) is 0 Å². The second kappa shape index (κ2) is 7.16. The summed E-state index contributed by atoms with van der Waals surface area (Å²) in [6.45, 7) is 3.67. The number of hydrogen-bond donors (Lipinski definition) is 1. The molecule has 0 spiro atoms. The van der Waals surface area contributed by atoms with Gasteiger partial charge in [-0.3, -0.25) is 0 Å². The Morgan fingerprint density at radius 1 is 1.00 bits per heavy atom. The average Bonchev–Trinajstić information content (AvgIpc) is 2.40. The number of rotatable bonds is 1. The van der Waals surface area contributed by atoms with E-state index in [2.05, 4.69) is 4.99 Å². The van der Waals surface area contributed by atoms with Crippen molar-refractivity contribution in [1.29, 1.82) is 0 Å². The molecule has 5 heteroatoms. The van der Waals surface area contributed by atoms with Crippen LogP contribution in [0.2, 0.25) is 0 Å². The number of benzene rings is 2. The van der Waals surface area contributed by atoms with Crippen molar-refractivity contribution in [3.63, 3.8) is 0 Å². The van der Waals surface area contributed by atoms with E-state index in [1.54, 1.807) is 25.1 Å². The van der Waals surface area contributed by atoms with Gasteiger partial charge >= 0.3 is 0 Å². The molecule has 2 aromatic rings. The maximum absolute atomic E-state index is 12.7. The first-order chi connectivity index (χ1) is 9.43. The van der Waals surface area contributed by atoms with Crippen molar-refractivity contribution in [2.45, 2.75) is 13.8 Å². The number of nitrogens with two attached hydrogens (primary N) is 1. The summed E-state index contributed by atoms with van der Waals surface area (Å²) >= 11 is 0. The fourth-order valence-electron chi connectivity index (χ4n) is 1.42. The Bertz CT molecular complexity index is 650. The van der Waals surface area contributed by atoms with Gasteiger partial charge < -0.3 is 5.73 Å². The SMILES string of the molecule is Cc1ccc(F)c(N)c1.Cc1ccc(F)c(N=C=O)c1. The second-order valence-electron chi connectivity index (χ2n) is 4.18. The van der Waals surface area contributed by atoms with Crippen molar-refractivity contribution in [2.24, 2.45) is 4.99 Å². The lowest BCUT2D eigenvalue weighted by molar-refractivity contribution is 0.564. The van der Waals surface area contributed by atoms with Gasteiger partial charge in [-0.05, 0) is 49.2 Å². The summed E-state index contributed by atoms with van der Waals surface area (Å²) in [4.78, 5) is 13.0. The molecule has 0 fully saturated rings. The fourth-order valence-corrected chi connectivity index (χ4v) is 1.42. The Morgan fingerprint density at radius 3 is 2.05 bits per heavy atom. The van der Waals surface area contributed by atoms with Crippen molar-refractivity contribution in [1.82, 2.24) is 0 Å². The van der Waals surface area contributed by atoms with Gasteiger partial charge in [0.05, 0.1) is 5.69 Å². The number of nitrogen functional groups attached to an aromatic ring is 1. The molecule has 0 saturated carbocycles. The number of aryl methyl sites for hydroxylation is 2. The summed E-state index contributed by atoms with van der Waals surface area (Å²) in [5.41, 5.74) is 7.35. The highest BCUT2D eigenvalue weighted by Crippen LogP contribution is 2.17. The van der Waals surface area contributed by atoms with E-state index in [1.165, 1.54) is 24.3 Å². The van der Waals surface area contributed by atoms with Gasteiger partial charge in [-0.1, -0.05) is 12.1 Å². The summed E-state index contributed by atoms with van der Waals surface area (Å²) in [6, 6.07) is 9.02. The zero-order valence-corrected chi connectivity index (χ0v) is 11.2. The molecule has 2 rings (SSSR count). The highest BCUT2D eigenvalue weighted by atomic mass is 19.1. The molecule has 20 heavy (non-hydrogen) atoms. The fraction of sp³-hybridized carbons (Fsp3) is 0.133. The third-order valence-electron chi connectivity index (χ3n) is 2.42. The maximum Gasteiger partial charge on any atom is 0.240 e. The minimum atomic E-state index is -0.501. The Hall–Kier alpha value is -2.52. The van der Waals surface area contributed by atoms with Gasteiger partial charge in [0.25, 0.3) is 0 Å². The van der Waals surface area contributed by atoms with Crippen LogP contribution in [0, 0.1) is 25.5 Å². The molecular weight excluding hydrogens is 262 g/mol. The lowest BCUT2D eigenvalue weighted by Crippen LogP contribution is -1.89. The lowest BCUT2D eigenvalue weighted by atomic mass is 10.2. The molecule has 3 nitrogen and oxygen atoms in total. The highest BCUT2D eigenvalue weighted by molar-refractivity contribution is 5.50. The normalized spacial score (nSPS) is 9.20. The molecule has 0 aliphatic rings. The average molecular weight is 276 g/mol. The van der Waals surface area contributed by atoms with Crippen molar-refractivity contribution < 1.29 is 13.6 Å². The van der Waals surface area contributed by atoms with Crippen LogP contribution in [-0.4, -0.2) is 6.08 Å². The van der Waals surface area contributed by atoms with Crippen LogP contribution in [0.15, 0.2) is 41.4 Å². The van der Waals surface area contributed by atoms with E-state index in [9.17, 15) is 13.6 Å². The van der Waals surface area contributed by atoms with E-state index < -0.39 is 5.82 Å². The zero-order chi connectivity index (χ0) is 15.1. The van der Waals surface area contributed by atoms with Gasteiger partial charge in [0.1, 0.15) is 17.3 Å². The predicted octanol–water partition coefficient (Wildman–Crippen LogP) is 3.82. The smallest absolute Gasteiger partial charge is 0.240 e. The van der Waals surface area contributed by atoms with Crippen LogP contribution in [0.4, 0.5) is 20.2 Å². The third-order valence-corrected chi connectivity index (χ3v) is 2.42. The molecule has 0 unspecified atom stereocenters. The van der Waals surface area contributed by atoms with E-state index in [-0.39, 0.29) is 17.2 Å². The Labute approximate surface area is 115 Å². The van der Waals surface area contributed by atoms with Gasteiger partial charge in [0.15, 0.2) is 0 Å². The summed E-state index contributed by atoms with van der Waals surface area (Å²) in [7, 11) is 0. The molecule has 0 aromatic heterocycles. The number of halogens is 2. The van der Waals surface area contributed by atoms with E-state index in [4.69, 9.17) is 5.73 Å².